The lowest BCUT2D eigenvalue weighted by molar-refractivity contribution is 0.0945. The average Bonchev–Trinajstić information content (AvgIpc) is 2.76. The number of sulfone groups is 1. The Morgan fingerprint density at radius 2 is 2.12 bits per heavy atom. The monoisotopic (exact) mass is 355 g/mol. The summed E-state index contributed by atoms with van der Waals surface area (Å²) in [5.74, 6) is -1.09. The summed E-state index contributed by atoms with van der Waals surface area (Å²) < 4.78 is 37.6. The molecule has 1 aromatic rings. The normalized spacial score (nSPS) is 24.8. The van der Waals surface area contributed by atoms with Crippen molar-refractivity contribution in [3.8, 4) is 0 Å². The molecule has 2 heterocycles. The van der Waals surface area contributed by atoms with Crippen LogP contribution in [0.3, 0.4) is 0 Å². The van der Waals surface area contributed by atoms with Crippen LogP contribution in [-0.4, -0.2) is 43.9 Å². The van der Waals surface area contributed by atoms with Crippen molar-refractivity contribution in [2.75, 3.05) is 23.4 Å². The standard InChI is InChI=1S/C15H18FN3O4S/c1-15(5-7-24(22,23)8-15)19-14(21)18-11-3-2-10-9(12(11)16)4-6-17-13(10)20/h2-3H,4-8H2,1H3,(H,17,20)(H2,18,19,21). The Kier molecular flexibility index (Phi) is 3.98. The number of carbonyl (C=O) groups is 2. The molecule has 3 amide bonds. The first-order valence-electron chi connectivity index (χ1n) is 7.58. The molecule has 1 unspecified atom stereocenters. The summed E-state index contributed by atoms with van der Waals surface area (Å²) in [6.07, 6.45) is 0.662. The van der Waals surface area contributed by atoms with Gasteiger partial charge in [0.1, 0.15) is 0 Å². The molecule has 0 aromatic heterocycles. The fourth-order valence-corrected chi connectivity index (χ4v) is 5.20. The fraction of sp³-hybridized carbons (Fsp3) is 0.467. The lowest BCUT2D eigenvalue weighted by Gasteiger charge is -2.24. The molecule has 9 heteroatoms. The second kappa shape index (κ2) is 5.73. The van der Waals surface area contributed by atoms with Gasteiger partial charge in [-0.2, -0.15) is 0 Å². The Balaban J connectivity index is 1.75. The molecule has 2 aliphatic rings. The Morgan fingerprint density at radius 3 is 2.79 bits per heavy atom. The first-order chi connectivity index (χ1) is 11.2. The summed E-state index contributed by atoms with van der Waals surface area (Å²) in [5, 5.41) is 7.63. The number of rotatable bonds is 2. The second-order valence-electron chi connectivity index (χ2n) is 6.44. The van der Waals surface area contributed by atoms with Crippen molar-refractivity contribution < 1.29 is 22.4 Å². The highest BCUT2D eigenvalue weighted by Gasteiger charge is 2.39. The average molecular weight is 355 g/mol. The number of halogens is 1. The van der Waals surface area contributed by atoms with Gasteiger partial charge < -0.3 is 16.0 Å². The van der Waals surface area contributed by atoms with E-state index in [9.17, 15) is 22.4 Å². The molecule has 24 heavy (non-hydrogen) atoms. The SMILES string of the molecule is CC1(NC(=O)Nc2ccc3c(c2F)CCNC3=O)CCS(=O)(=O)C1. The van der Waals surface area contributed by atoms with E-state index < -0.39 is 27.2 Å². The fourth-order valence-electron chi connectivity index (χ4n) is 3.11. The van der Waals surface area contributed by atoms with E-state index in [1.165, 1.54) is 12.1 Å². The van der Waals surface area contributed by atoms with Crippen LogP contribution in [0.2, 0.25) is 0 Å². The van der Waals surface area contributed by atoms with Crippen molar-refractivity contribution in [2.45, 2.75) is 25.3 Å². The van der Waals surface area contributed by atoms with Gasteiger partial charge in [-0.1, -0.05) is 0 Å². The zero-order valence-corrected chi connectivity index (χ0v) is 13.9. The molecule has 0 saturated carbocycles. The molecule has 0 bridgehead atoms. The summed E-state index contributed by atoms with van der Waals surface area (Å²) in [4.78, 5) is 23.8. The number of hydrogen-bond donors (Lipinski definition) is 3. The van der Waals surface area contributed by atoms with Crippen LogP contribution >= 0.6 is 0 Å². The van der Waals surface area contributed by atoms with Gasteiger partial charge >= 0.3 is 6.03 Å². The van der Waals surface area contributed by atoms with E-state index in [0.717, 1.165) is 0 Å². The van der Waals surface area contributed by atoms with Gasteiger partial charge in [0.05, 0.1) is 22.7 Å². The lowest BCUT2D eigenvalue weighted by atomic mass is 9.99. The molecule has 1 aromatic carbocycles. The van der Waals surface area contributed by atoms with Gasteiger partial charge in [-0.05, 0) is 31.9 Å². The van der Waals surface area contributed by atoms with E-state index >= 15 is 0 Å². The third kappa shape index (κ3) is 3.21. The van der Waals surface area contributed by atoms with Crippen molar-refractivity contribution in [3.05, 3.63) is 29.1 Å². The van der Waals surface area contributed by atoms with Crippen molar-refractivity contribution in [1.82, 2.24) is 10.6 Å². The predicted molar refractivity (Wildman–Crippen MR) is 86.3 cm³/mol. The maximum absolute atomic E-state index is 14.5. The summed E-state index contributed by atoms with van der Waals surface area (Å²) in [6, 6.07) is 2.12. The molecule has 1 saturated heterocycles. The Morgan fingerprint density at radius 1 is 1.38 bits per heavy atom. The molecule has 1 fully saturated rings. The summed E-state index contributed by atoms with van der Waals surface area (Å²) >= 11 is 0. The molecule has 1 atom stereocenters. The quantitative estimate of drug-likeness (QED) is 0.730. The van der Waals surface area contributed by atoms with E-state index in [1.54, 1.807) is 6.92 Å². The van der Waals surface area contributed by atoms with Crippen LogP contribution in [0, 0.1) is 5.82 Å². The van der Waals surface area contributed by atoms with Gasteiger partial charge in [0, 0.05) is 17.7 Å². The largest absolute Gasteiger partial charge is 0.352 e. The van der Waals surface area contributed by atoms with Crippen molar-refractivity contribution in [1.29, 1.82) is 0 Å². The number of nitrogens with one attached hydrogen (secondary N) is 3. The summed E-state index contributed by atoms with van der Waals surface area (Å²) in [6.45, 7) is 1.99. The third-order valence-corrected chi connectivity index (χ3v) is 6.22. The van der Waals surface area contributed by atoms with Gasteiger partial charge in [-0.3, -0.25) is 4.79 Å². The van der Waals surface area contributed by atoms with E-state index in [-0.39, 0.29) is 34.2 Å². The van der Waals surface area contributed by atoms with Crippen LogP contribution in [0.1, 0.15) is 29.3 Å². The molecule has 0 spiro atoms. The van der Waals surface area contributed by atoms with Crippen LogP contribution in [0.4, 0.5) is 14.9 Å². The van der Waals surface area contributed by atoms with Crippen LogP contribution in [-0.2, 0) is 16.3 Å². The molecule has 3 rings (SSSR count). The van der Waals surface area contributed by atoms with Crippen LogP contribution in [0.25, 0.3) is 0 Å². The number of fused-ring (bicyclic) bond motifs is 1. The zero-order chi connectivity index (χ0) is 17.5. The molecule has 2 aliphatic heterocycles. The smallest absolute Gasteiger partial charge is 0.319 e. The van der Waals surface area contributed by atoms with Gasteiger partial charge in [0.25, 0.3) is 5.91 Å². The first kappa shape index (κ1) is 16.7. The number of hydrogen-bond acceptors (Lipinski definition) is 4. The molecule has 7 nitrogen and oxygen atoms in total. The first-order valence-corrected chi connectivity index (χ1v) is 9.40. The van der Waals surface area contributed by atoms with Gasteiger partial charge in [-0.25, -0.2) is 17.6 Å². The minimum Gasteiger partial charge on any atom is -0.352 e. The second-order valence-corrected chi connectivity index (χ2v) is 8.62. The Bertz CT molecular complexity index is 824. The predicted octanol–water partition coefficient (Wildman–Crippen LogP) is 0.810. The highest BCUT2D eigenvalue weighted by molar-refractivity contribution is 7.91. The highest BCUT2D eigenvalue weighted by atomic mass is 32.2. The van der Waals surface area contributed by atoms with E-state index in [1.807, 2.05) is 0 Å². The Labute approximate surface area is 138 Å². The molecular formula is C15H18FN3O4S. The lowest BCUT2D eigenvalue weighted by Crippen LogP contribution is -2.48. The molecule has 0 radical (unpaired) electrons. The van der Waals surface area contributed by atoms with Crippen LogP contribution < -0.4 is 16.0 Å². The van der Waals surface area contributed by atoms with E-state index in [4.69, 9.17) is 0 Å². The highest BCUT2D eigenvalue weighted by Crippen LogP contribution is 2.26. The number of carbonyl (C=O) groups excluding carboxylic acids is 2. The van der Waals surface area contributed by atoms with Gasteiger partial charge in [0.15, 0.2) is 15.7 Å². The molecule has 0 aliphatic carbocycles. The topological polar surface area (TPSA) is 104 Å². The maximum Gasteiger partial charge on any atom is 0.319 e. The van der Waals surface area contributed by atoms with Crippen LogP contribution in [0.15, 0.2) is 12.1 Å². The third-order valence-electron chi connectivity index (χ3n) is 4.32. The van der Waals surface area contributed by atoms with Crippen molar-refractivity contribution in [2.24, 2.45) is 0 Å². The number of amides is 3. The minimum atomic E-state index is -3.16. The maximum atomic E-state index is 14.5. The molecule has 3 N–H and O–H groups in total. The minimum absolute atomic E-state index is 0.0199. The number of benzene rings is 1. The van der Waals surface area contributed by atoms with Crippen LogP contribution in [0.5, 0.6) is 0 Å². The van der Waals surface area contributed by atoms with Crippen molar-refractivity contribution in [3.63, 3.8) is 0 Å². The number of urea groups is 1. The summed E-state index contributed by atoms with van der Waals surface area (Å²) in [7, 11) is -3.16. The summed E-state index contributed by atoms with van der Waals surface area (Å²) in [5.41, 5.74) is -0.372. The van der Waals surface area contributed by atoms with Gasteiger partial charge in [0.2, 0.25) is 0 Å². The number of anilines is 1. The van der Waals surface area contributed by atoms with E-state index in [0.29, 0.717) is 19.4 Å². The zero-order valence-electron chi connectivity index (χ0n) is 13.1. The van der Waals surface area contributed by atoms with E-state index in [2.05, 4.69) is 16.0 Å². The van der Waals surface area contributed by atoms with Gasteiger partial charge in [-0.15, -0.1) is 0 Å². The molecular weight excluding hydrogens is 337 g/mol. The Hall–Kier alpha value is -2.16. The molecule has 130 valence electrons. The van der Waals surface area contributed by atoms with Crippen molar-refractivity contribution >= 4 is 27.5 Å².